The van der Waals surface area contributed by atoms with Gasteiger partial charge in [0.1, 0.15) is 6.17 Å². The van der Waals surface area contributed by atoms with E-state index in [9.17, 15) is 4.39 Å². The van der Waals surface area contributed by atoms with Gasteiger partial charge in [0.25, 0.3) is 0 Å². The summed E-state index contributed by atoms with van der Waals surface area (Å²) in [6.45, 7) is 13.7. The molecule has 0 aromatic heterocycles. The number of nitrogens with zero attached hydrogens (tertiary/aromatic N) is 2. The molecule has 3 atom stereocenters. The molecule has 0 amide bonds. The summed E-state index contributed by atoms with van der Waals surface area (Å²) < 4.78 is 27.1. The fraction of sp³-hybridized carbons (Fsp3) is 1.00. The Morgan fingerprint density at radius 2 is 1.58 bits per heavy atom. The highest BCUT2D eigenvalue weighted by atomic mass is 19.1. The quantitative estimate of drug-likeness (QED) is 0.738. The van der Waals surface area contributed by atoms with Gasteiger partial charge in [-0.2, -0.15) is 0 Å². The van der Waals surface area contributed by atoms with Crippen LogP contribution in [-0.2, 0) is 9.31 Å². The maximum atomic E-state index is 14.9. The average Bonchev–Trinajstić information content (AvgIpc) is 2.70. The molecule has 2 aliphatic heterocycles. The summed E-state index contributed by atoms with van der Waals surface area (Å²) in [5.74, 6) is 0.358. The lowest BCUT2D eigenvalue weighted by atomic mass is 9.61. The van der Waals surface area contributed by atoms with E-state index < -0.39 is 13.3 Å². The van der Waals surface area contributed by atoms with Crippen LogP contribution in [0.1, 0.15) is 47.0 Å². The number of hydrogen-bond donors (Lipinski definition) is 0. The molecule has 24 heavy (non-hydrogen) atoms. The molecule has 2 saturated heterocycles. The molecule has 3 rings (SSSR count). The van der Waals surface area contributed by atoms with Gasteiger partial charge in [-0.25, -0.2) is 4.39 Å². The van der Waals surface area contributed by atoms with Crippen molar-refractivity contribution < 1.29 is 13.7 Å². The molecular formula is C18H34BFN2O2. The first-order valence-corrected chi connectivity index (χ1v) is 9.58. The van der Waals surface area contributed by atoms with E-state index in [4.69, 9.17) is 9.31 Å². The van der Waals surface area contributed by atoms with E-state index in [1.165, 1.54) is 0 Å². The van der Waals surface area contributed by atoms with E-state index in [2.05, 4.69) is 16.8 Å². The summed E-state index contributed by atoms with van der Waals surface area (Å²) in [7, 11) is 1.78. The van der Waals surface area contributed by atoms with Crippen molar-refractivity contribution in [2.24, 2.45) is 5.92 Å². The number of halogens is 1. The van der Waals surface area contributed by atoms with Gasteiger partial charge in [0.15, 0.2) is 0 Å². The monoisotopic (exact) mass is 340 g/mol. The van der Waals surface area contributed by atoms with Crippen molar-refractivity contribution in [3.63, 3.8) is 0 Å². The Balaban J connectivity index is 1.51. The van der Waals surface area contributed by atoms with Crippen LogP contribution in [0.2, 0.25) is 5.82 Å². The zero-order valence-electron chi connectivity index (χ0n) is 16.1. The molecule has 0 spiro atoms. The zero-order chi connectivity index (χ0) is 17.5. The second-order valence-electron chi connectivity index (χ2n) is 9.09. The summed E-state index contributed by atoms with van der Waals surface area (Å²) in [6.07, 6.45) is 1.80. The first-order chi connectivity index (χ1) is 11.2. The maximum absolute atomic E-state index is 14.9. The summed E-state index contributed by atoms with van der Waals surface area (Å²) in [4.78, 5) is 4.87. The number of hydrogen-bond acceptors (Lipinski definition) is 4. The normalized spacial score (nSPS) is 37.8. The highest BCUT2D eigenvalue weighted by Crippen LogP contribution is 2.46. The van der Waals surface area contributed by atoms with Crippen molar-refractivity contribution in [3.05, 3.63) is 0 Å². The van der Waals surface area contributed by atoms with Crippen molar-refractivity contribution in [2.75, 3.05) is 39.8 Å². The number of rotatable bonds is 3. The largest absolute Gasteiger partial charge is 0.464 e. The van der Waals surface area contributed by atoms with Crippen LogP contribution in [0.4, 0.5) is 4.39 Å². The molecule has 3 unspecified atom stereocenters. The number of likely N-dealkylation sites (N-methyl/N-ethyl adjacent to an activating group) is 1. The Hall–Kier alpha value is -0.165. The van der Waals surface area contributed by atoms with Crippen LogP contribution in [0.15, 0.2) is 0 Å². The SMILES string of the molecule is CN1CCN(CC2CCC(B3OC(C)(C)C(C)(C)O3)C(F)C2)CC1. The second-order valence-corrected chi connectivity index (χ2v) is 9.09. The van der Waals surface area contributed by atoms with Crippen LogP contribution >= 0.6 is 0 Å². The van der Waals surface area contributed by atoms with Gasteiger partial charge in [0, 0.05) is 38.5 Å². The van der Waals surface area contributed by atoms with Crippen LogP contribution in [-0.4, -0.2) is 74.1 Å². The summed E-state index contributed by atoms with van der Waals surface area (Å²) >= 11 is 0. The Morgan fingerprint density at radius 3 is 2.12 bits per heavy atom. The molecule has 0 radical (unpaired) electrons. The minimum absolute atomic E-state index is 0.116. The summed E-state index contributed by atoms with van der Waals surface area (Å²) in [5.41, 5.74) is -0.734. The molecule has 2 heterocycles. The number of piperazine rings is 1. The molecule has 1 saturated carbocycles. The van der Waals surface area contributed by atoms with Gasteiger partial charge >= 0.3 is 7.12 Å². The lowest BCUT2D eigenvalue weighted by molar-refractivity contribution is 0.00578. The molecule has 0 N–H and O–H groups in total. The van der Waals surface area contributed by atoms with E-state index in [0.717, 1.165) is 45.6 Å². The highest BCUT2D eigenvalue weighted by molar-refractivity contribution is 6.47. The van der Waals surface area contributed by atoms with Crippen LogP contribution < -0.4 is 0 Å². The highest BCUT2D eigenvalue weighted by Gasteiger charge is 2.55. The zero-order valence-corrected chi connectivity index (χ0v) is 16.1. The van der Waals surface area contributed by atoms with Crippen LogP contribution in [0.25, 0.3) is 0 Å². The molecular weight excluding hydrogens is 306 g/mol. The third-order valence-electron chi connectivity index (χ3n) is 6.66. The van der Waals surface area contributed by atoms with Crippen molar-refractivity contribution in [1.82, 2.24) is 9.80 Å². The van der Waals surface area contributed by atoms with Gasteiger partial charge in [0.05, 0.1) is 11.2 Å². The first kappa shape index (κ1) is 18.6. The molecule has 6 heteroatoms. The molecule has 0 aromatic rings. The van der Waals surface area contributed by atoms with Gasteiger partial charge in [-0.3, -0.25) is 0 Å². The number of alkyl halides is 1. The fourth-order valence-corrected chi connectivity index (χ4v) is 4.15. The van der Waals surface area contributed by atoms with Crippen LogP contribution in [0.5, 0.6) is 0 Å². The lowest BCUT2D eigenvalue weighted by Gasteiger charge is -2.38. The smallest absolute Gasteiger partial charge is 0.403 e. The van der Waals surface area contributed by atoms with Crippen molar-refractivity contribution >= 4 is 7.12 Å². The van der Waals surface area contributed by atoms with Crippen molar-refractivity contribution in [3.8, 4) is 0 Å². The molecule has 138 valence electrons. The van der Waals surface area contributed by atoms with E-state index in [-0.39, 0.29) is 17.0 Å². The average molecular weight is 340 g/mol. The first-order valence-electron chi connectivity index (χ1n) is 9.58. The third kappa shape index (κ3) is 3.82. The van der Waals surface area contributed by atoms with Gasteiger partial charge in [-0.15, -0.1) is 0 Å². The molecule has 0 aromatic carbocycles. The molecule has 4 nitrogen and oxygen atoms in total. The topological polar surface area (TPSA) is 24.9 Å². The lowest BCUT2D eigenvalue weighted by Crippen LogP contribution is -2.47. The minimum atomic E-state index is -0.814. The maximum Gasteiger partial charge on any atom is 0.464 e. The Morgan fingerprint density at radius 1 is 1.00 bits per heavy atom. The van der Waals surface area contributed by atoms with Crippen LogP contribution in [0, 0.1) is 5.92 Å². The Kier molecular flexibility index (Phi) is 5.32. The molecule has 0 bridgehead atoms. The van der Waals surface area contributed by atoms with Gasteiger partial charge < -0.3 is 19.1 Å². The van der Waals surface area contributed by atoms with E-state index >= 15 is 0 Å². The predicted molar refractivity (Wildman–Crippen MR) is 96.0 cm³/mol. The summed E-state index contributed by atoms with van der Waals surface area (Å²) in [5, 5.41) is 0. The Bertz CT molecular complexity index is 425. The second kappa shape index (κ2) is 6.86. The van der Waals surface area contributed by atoms with Crippen molar-refractivity contribution in [2.45, 2.75) is 70.1 Å². The molecule has 1 aliphatic carbocycles. The minimum Gasteiger partial charge on any atom is -0.403 e. The van der Waals surface area contributed by atoms with E-state index in [1.54, 1.807) is 0 Å². The standard InChI is InChI=1S/C18H34BFN2O2/c1-17(2)18(3,4)24-19(23-17)15-7-6-14(12-16(15)20)13-22-10-8-21(5)9-11-22/h14-16H,6-13H2,1-5H3. The Labute approximate surface area is 147 Å². The molecule has 3 fully saturated rings. The fourth-order valence-electron chi connectivity index (χ4n) is 4.15. The molecule has 3 aliphatic rings. The van der Waals surface area contributed by atoms with Crippen LogP contribution in [0.3, 0.4) is 0 Å². The van der Waals surface area contributed by atoms with E-state index in [1.807, 2.05) is 27.7 Å². The summed E-state index contributed by atoms with van der Waals surface area (Å²) in [6, 6.07) is 0. The predicted octanol–water partition coefficient (Wildman–Crippen LogP) is 2.83. The van der Waals surface area contributed by atoms with Gasteiger partial charge in [0.2, 0.25) is 0 Å². The third-order valence-corrected chi connectivity index (χ3v) is 6.66. The van der Waals surface area contributed by atoms with Gasteiger partial charge in [-0.1, -0.05) is 0 Å². The van der Waals surface area contributed by atoms with Crippen molar-refractivity contribution in [1.29, 1.82) is 0 Å². The van der Waals surface area contributed by atoms with E-state index in [0.29, 0.717) is 12.3 Å². The van der Waals surface area contributed by atoms with Gasteiger partial charge in [-0.05, 0) is 59.9 Å².